The molecule has 0 bridgehead atoms. The molecule has 0 amide bonds. The van der Waals surface area contributed by atoms with E-state index < -0.39 is 10.0 Å². The smallest absolute Gasteiger partial charge is 0.252 e. The molecule has 232 valence electrons. The van der Waals surface area contributed by atoms with Gasteiger partial charge >= 0.3 is 0 Å². The molecule has 14 heteroatoms. The first kappa shape index (κ1) is 33.7. The quantitative estimate of drug-likeness (QED) is 0.164. The Kier molecular flexibility index (Phi) is 10.4. The summed E-state index contributed by atoms with van der Waals surface area (Å²) in [7, 11) is -1.04. The third-order valence-electron chi connectivity index (χ3n) is 6.98. The molecule has 0 fully saturated rings. The lowest BCUT2D eigenvalue weighted by molar-refractivity contribution is 0.0973. The Hall–Kier alpha value is -4.20. The monoisotopic (exact) mass is 685 g/mol. The van der Waals surface area contributed by atoms with Crippen LogP contribution in [0.4, 0.5) is 4.39 Å². The number of hydrogen-bond donors (Lipinski definition) is 1. The fourth-order valence-corrected chi connectivity index (χ4v) is 7.31. The predicted octanol–water partition coefficient (Wildman–Crippen LogP) is 6.91. The van der Waals surface area contributed by atoms with Crippen LogP contribution in [0.25, 0.3) is 43.9 Å². The SMILES string of the molecule is COc1ccc(C(=O)CN(C)S(=O)(=O)c2ccc(-c3ncnc4ccc(-c5cn[nH]c5-c5ccc(F)cc5)cc34)s2)cc1.Cl.Cl. The maximum Gasteiger partial charge on any atom is 0.252 e. The van der Waals surface area contributed by atoms with Gasteiger partial charge in [0.05, 0.1) is 41.6 Å². The Morgan fingerprint density at radius 2 is 1.67 bits per heavy atom. The van der Waals surface area contributed by atoms with E-state index in [1.807, 2.05) is 18.2 Å². The molecule has 0 atom stereocenters. The van der Waals surface area contributed by atoms with Crippen LogP contribution in [0.15, 0.2) is 95.6 Å². The minimum Gasteiger partial charge on any atom is -0.497 e. The van der Waals surface area contributed by atoms with Crippen molar-refractivity contribution in [1.29, 1.82) is 0 Å². The van der Waals surface area contributed by atoms with Gasteiger partial charge in [0.1, 0.15) is 22.1 Å². The van der Waals surface area contributed by atoms with Crippen LogP contribution in [-0.4, -0.2) is 59.4 Å². The third kappa shape index (κ3) is 6.75. The highest BCUT2D eigenvalue weighted by Gasteiger charge is 2.26. The lowest BCUT2D eigenvalue weighted by atomic mass is 9.99. The van der Waals surface area contributed by atoms with Crippen LogP contribution in [0.1, 0.15) is 10.4 Å². The van der Waals surface area contributed by atoms with Crippen molar-refractivity contribution in [2.45, 2.75) is 4.21 Å². The number of ketones is 1. The number of carbonyl (C=O) groups is 1. The van der Waals surface area contributed by atoms with Crippen LogP contribution in [0.3, 0.4) is 0 Å². The maximum atomic E-state index is 13.5. The average Bonchev–Trinajstić information content (AvgIpc) is 3.72. The van der Waals surface area contributed by atoms with Crippen LogP contribution in [0.2, 0.25) is 0 Å². The summed E-state index contributed by atoms with van der Waals surface area (Å²) < 4.78 is 46.6. The highest BCUT2D eigenvalue weighted by Crippen LogP contribution is 2.37. The van der Waals surface area contributed by atoms with E-state index in [1.165, 1.54) is 38.7 Å². The largest absolute Gasteiger partial charge is 0.497 e. The number of nitrogens with one attached hydrogen (secondary N) is 1. The van der Waals surface area contributed by atoms with Crippen molar-refractivity contribution in [1.82, 2.24) is 24.5 Å². The molecule has 6 aromatic rings. The van der Waals surface area contributed by atoms with Gasteiger partial charge in [-0.3, -0.25) is 9.89 Å². The van der Waals surface area contributed by atoms with Crippen LogP contribution in [0.5, 0.6) is 5.75 Å². The van der Waals surface area contributed by atoms with E-state index in [0.717, 1.165) is 43.4 Å². The number of likely N-dealkylation sites (N-methyl/N-ethyl adjacent to an activating group) is 1. The lowest BCUT2D eigenvalue weighted by Crippen LogP contribution is -2.31. The molecule has 9 nitrogen and oxygen atoms in total. The highest BCUT2D eigenvalue weighted by atomic mass is 35.5. The Balaban J connectivity index is 0.00000230. The standard InChI is InChI=1S/C31H24FN5O4S2.2ClH/c1-37(17-27(38)19-5-10-23(41-2)11-6-19)43(39,40)29-14-13-28(42-29)31-24-15-21(7-12-26(24)33-18-34-31)25-16-35-36-30(25)20-3-8-22(32)9-4-20;;/h3-16,18H,17H2,1-2H3,(H,35,36);2*1H. The molecule has 3 aromatic carbocycles. The molecule has 45 heavy (non-hydrogen) atoms. The van der Waals surface area contributed by atoms with Gasteiger partial charge in [-0.05, 0) is 78.4 Å². The number of sulfonamides is 1. The van der Waals surface area contributed by atoms with Gasteiger partial charge in [-0.15, -0.1) is 36.2 Å². The summed E-state index contributed by atoms with van der Waals surface area (Å²) in [6, 6.07) is 21.6. The average molecular weight is 687 g/mol. The lowest BCUT2D eigenvalue weighted by Gasteiger charge is -2.15. The minimum atomic E-state index is -3.95. The number of rotatable bonds is 9. The van der Waals surface area contributed by atoms with E-state index in [0.29, 0.717) is 27.4 Å². The number of Topliss-reactive ketones (excluding diaryl/α,β-unsaturated/α-hetero) is 1. The Labute approximate surface area is 275 Å². The highest BCUT2D eigenvalue weighted by molar-refractivity contribution is 7.91. The first-order valence-electron chi connectivity index (χ1n) is 13.0. The Morgan fingerprint density at radius 1 is 0.956 bits per heavy atom. The summed E-state index contributed by atoms with van der Waals surface area (Å²) in [5, 5.41) is 7.92. The maximum absolute atomic E-state index is 13.5. The van der Waals surface area contributed by atoms with Gasteiger partial charge in [-0.25, -0.2) is 22.8 Å². The van der Waals surface area contributed by atoms with Crippen molar-refractivity contribution in [3.63, 3.8) is 0 Å². The number of H-pyrrole nitrogens is 1. The molecule has 0 spiro atoms. The molecule has 3 aromatic heterocycles. The normalized spacial score (nSPS) is 11.2. The number of ether oxygens (including phenoxy) is 1. The molecule has 0 aliphatic rings. The number of thiophene rings is 1. The number of carbonyl (C=O) groups excluding carboxylic acids is 1. The summed E-state index contributed by atoms with van der Waals surface area (Å²) in [5.41, 5.74) is 4.79. The van der Waals surface area contributed by atoms with Gasteiger partial charge in [0.2, 0.25) is 0 Å². The molecule has 0 unspecified atom stereocenters. The van der Waals surface area contributed by atoms with Crippen molar-refractivity contribution < 1.29 is 22.3 Å². The third-order valence-corrected chi connectivity index (χ3v) is 10.3. The second kappa shape index (κ2) is 13.8. The minimum absolute atomic E-state index is 0. The van der Waals surface area contributed by atoms with Gasteiger partial charge in [0.15, 0.2) is 5.78 Å². The van der Waals surface area contributed by atoms with Crippen molar-refractivity contribution in [2.75, 3.05) is 20.7 Å². The number of hydrogen-bond acceptors (Lipinski definition) is 8. The molecule has 0 aliphatic heterocycles. The Bertz CT molecular complexity index is 2070. The van der Waals surface area contributed by atoms with Gasteiger partial charge in [0, 0.05) is 29.1 Å². The second-order valence-electron chi connectivity index (χ2n) is 9.65. The first-order chi connectivity index (χ1) is 20.7. The van der Waals surface area contributed by atoms with Gasteiger partial charge in [0.25, 0.3) is 10.0 Å². The zero-order chi connectivity index (χ0) is 30.1. The first-order valence-corrected chi connectivity index (χ1v) is 15.3. The zero-order valence-corrected chi connectivity index (χ0v) is 27.1. The molecule has 3 heterocycles. The van der Waals surface area contributed by atoms with E-state index in [4.69, 9.17) is 4.74 Å². The van der Waals surface area contributed by atoms with Crippen LogP contribution in [0, 0.1) is 5.82 Å². The molecular weight excluding hydrogens is 660 g/mol. The summed E-state index contributed by atoms with van der Waals surface area (Å²) in [5.74, 6) is -0.0603. The van der Waals surface area contributed by atoms with E-state index >= 15 is 0 Å². The fraction of sp³-hybridized carbons (Fsp3) is 0.0968. The fourth-order valence-electron chi connectivity index (χ4n) is 4.66. The Morgan fingerprint density at radius 3 is 2.38 bits per heavy atom. The van der Waals surface area contributed by atoms with Crippen molar-refractivity contribution in [3.8, 4) is 38.7 Å². The van der Waals surface area contributed by atoms with Crippen LogP contribution < -0.4 is 4.74 Å². The summed E-state index contributed by atoms with van der Waals surface area (Å²) in [6.07, 6.45) is 3.13. The van der Waals surface area contributed by atoms with Crippen molar-refractivity contribution in [2.24, 2.45) is 0 Å². The van der Waals surface area contributed by atoms with E-state index in [1.54, 1.807) is 48.7 Å². The summed E-state index contributed by atoms with van der Waals surface area (Å²) in [4.78, 5) is 22.3. The topological polar surface area (TPSA) is 118 Å². The van der Waals surface area contributed by atoms with Crippen LogP contribution >= 0.6 is 36.2 Å². The molecular formula is C31H26Cl2FN5O4S2. The van der Waals surface area contributed by atoms with Gasteiger partial charge in [-0.2, -0.15) is 9.40 Å². The number of benzene rings is 3. The summed E-state index contributed by atoms with van der Waals surface area (Å²) in [6.45, 7) is -0.317. The van der Waals surface area contributed by atoms with E-state index in [2.05, 4.69) is 20.2 Å². The molecule has 1 N–H and O–H groups in total. The zero-order valence-electron chi connectivity index (χ0n) is 23.8. The molecule has 0 radical (unpaired) electrons. The molecule has 0 aliphatic carbocycles. The predicted molar refractivity (Wildman–Crippen MR) is 177 cm³/mol. The number of aromatic nitrogens is 4. The van der Waals surface area contributed by atoms with Gasteiger partial charge < -0.3 is 4.74 Å². The number of halogens is 3. The number of methoxy groups -OCH3 is 1. The number of nitrogens with zero attached hydrogens (tertiary/aromatic N) is 4. The van der Waals surface area contributed by atoms with E-state index in [-0.39, 0.29) is 47.2 Å². The van der Waals surface area contributed by atoms with Crippen LogP contribution in [-0.2, 0) is 10.0 Å². The molecule has 0 saturated carbocycles. The number of fused-ring (bicyclic) bond motifs is 1. The van der Waals surface area contributed by atoms with Crippen molar-refractivity contribution in [3.05, 3.63) is 103 Å². The van der Waals surface area contributed by atoms with Gasteiger partial charge in [-0.1, -0.05) is 6.07 Å². The molecule has 6 rings (SSSR count). The number of aromatic amines is 1. The second-order valence-corrected chi connectivity index (χ2v) is 13.0. The van der Waals surface area contributed by atoms with Crippen molar-refractivity contribution >= 4 is 62.9 Å². The molecule has 0 saturated heterocycles. The summed E-state index contributed by atoms with van der Waals surface area (Å²) >= 11 is 1.07. The van der Waals surface area contributed by atoms with E-state index in [9.17, 15) is 17.6 Å².